The summed E-state index contributed by atoms with van der Waals surface area (Å²) < 4.78 is 6.95. The number of nitro benzene ring substituents is 1. The minimum Gasteiger partial charge on any atom is -0.504 e. The number of nitrogens with zero attached hydrogens (tertiary/aromatic N) is 5. The highest BCUT2D eigenvalue weighted by atomic mass is 16.6. The van der Waals surface area contributed by atoms with Crippen LogP contribution in [0.5, 0.6) is 11.5 Å². The van der Waals surface area contributed by atoms with Gasteiger partial charge in [-0.25, -0.2) is 4.98 Å². The number of non-ortho nitro benzene ring substituents is 1. The summed E-state index contributed by atoms with van der Waals surface area (Å²) in [5.74, 6) is 0.297. The number of ether oxygens (including phenoxy) is 1. The fourth-order valence-corrected chi connectivity index (χ4v) is 4.94. The predicted octanol–water partition coefficient (Wildman–Crippen LogP) is 3.14. The summed E-state index contributed by atoms with van der Waals surface area (Å²) in [6.07, 6.45) is 4.99. The second kappa shape index (κ2) is 9.42. The first-order valence-electron chi connectivity index (χ1n) is 11.6. The lowest BCUT2D eigenvalue weighted by molar-refractivity contribution is -0.385. The second-order valence-corrected chi connectivity index (χ2v) is 8.94. The van der Waals surface area contributed by atoms with Crippen LogP contribution in [0.3, 0.4) is 0 Å². The first-order chi connectivity index (χ1) is 17.4. The highest BCUT2D eigenvalue weighted by Crippen LogP contribution is 2.36. The predicted molar refractivity (Wildman–Crippen MR) is 128 cm³/mol. The van der Waals surface area contributed by atoms with Gasteiger partial charge in [-0.1, -0.05) is 12.1 Å². The van der Waals surface area contributed by atoms with Crippen LogP contribution in [-0.4, -0.2) is 61.4 Å². The Balaban J connectivity index is 1.25. The fourth-order valence-electron chi connectivity index (χ4n) is 4.94. The smallest absolute Gasteiger partial charge is 0.273 e. The lowest BCUT2D eigenvalue weighted by Crippen LogP contribution is -2.35. The Bertz CT molecular complexity index is 1310. The second-order valence-electron chi connectivity index (χ2n) is 8.94. The molecule has 0 bridgehead atoms. The summed E-state index contributed by atoms with van der Waals surface area (Å²) in [6, 6.07) is 9.39. The Kier molecular flexibility index (Phi) is 6.15. The Hall–Kier alpha value is -4.25. The number of carbonyl (C=O) groups excluding carboxylic acids is 2. The average molecular weight is 492 g/mol. The molecule has 0 atom stereocenters. The van der Waals surface area contributed by atoms with Crippen molar-refractivity contribution >= 4 is 17.5 Å². The molecule has 11 nitrogen and oxygen atoms in total. The molecule has 0 radical (unpaired) electrons. The zero-order valence-electron chi connectivity index (χ0n) is 19.7. The maximum absolute atomic E-state index is 12.8. The molecule has 0 unspecified atom stereocenters. The largest absolute Gasteiger partial charge is 0.504 e. The van der Waals surface area contributed by atoms with Crippen molar-refractivity contribution in [3.63, 3.8) is 0 Å². The summed E-state index contributed by atoms with van der Waals surface area (Å²) >= 11 is 0. The van der Waals surface area contributed by atoms with Gasteiger partial charge in [-0.05, 0) is 38.1 Å². The topological polar surface area (TPSA) is 131 Å². The van der Waals surface area contributed by atoms with Gasteiger partial charge in [-0.2, -0.15) is 0 Å². The van der Waals surface area contributed by atoms with Crippen LogP contribution in [0.4, 0.5) is 5.69 Å². The number of phenolic OH excluding ortho intramolecular Hbond substituents is 1. The van der Waals surface area contributed by atoms with Gasteiger partial charge in [0, 0.05) is 36.5 Å². The quantitative estimate of drug-likeness (QED) is 0.303. The maximum Gasteiger partial charge on any atom is 0.273 e. The number of rotatable bonds is 7. The molecular weight excluding hydrogens is 466 g/mol. The van der Waals surface area contributed by atoms with Gasteiger partial charge in [-0.15, -0.1) is 0 Å². The third-order valence-electron chi connectivity index (χ3n) is 6.84. The molecule has 3 heterocycles. The molecule has 0 spiro atoms. The number of fused-ring (bicyclic) bond motifs is 1. The van der Waals surface area contributed by atoms with E-state index >= 15 is 0 Å². The molecule has 1 aromatic heterocycles. The third kappa shape index (κ3) is 4.17. The van der Waals surface area contributed by atoms with Gasteiger partial charge in [0.15, 0.2) is 11.5 Å². The highest BCUT2D eigenvalue weighted by Gasteiger charge is 2.36. The molecule has 5 rings (SSSR count). The maximum atomic E-state index is 12.8. The normalized spacial score (nSPS) is 16.4. The molecule has 36 heavy (non-hydrogen) atoms. The van der Waals surface area contributed by atoms with Gasteiger partial charge < -0.3 is 14.4 Å². The number of hydrogen-bond donors (Lipinski definition) is 1. The Morgan fingerprint density at radius 3 is 2.42 bits per heavy atom. The van der Waals surface area contributed by atoms with Crippen molar-refractivity contribution in [3.05, 3.63) is 81.4 Å². The average Bonchev–Trinajstić information content (AvgIpc) is 3.44. The molecule has 2 amide bonds. The summed E-state index contributed by atoms with van der Waals surface area (Å²) in [4.78, 5) is 44.2. The molecule has 11 heteroatoms. The highest BCUT2D eigenvalue weighted by molar-refractivity contribution is 6.21. The molecule has 186 valence electrons. The Morgan fingerprint density at radius 1 is 1.14 bits per heavy atom. The standard InChI is InChI=1S/C25H25N5O6/c1-36-21-13-18(30(34)35)12-17(22(21)31)14-27-9-6-16(7-10-27)23-26-8-11-28(23)15-29-24(32)19-4-2-3-5-20(19)25(29)33/h2-5,8,11-13,16,31H,6-7,9-10,14-15H2,1H3. The van der Waals surface area contributed by atoms with Crippen LogP contribution >= 0.6 is 0 Å². The lowest BCUT2D eigenvalue weighted by atomic mass is 9.95. The van der Waals surface area contributed by atoms with Gasteiger partial charge in [0.2, 0.25) is 0 Å². The molecular formula is C25H25N5O6. The van der Waals surface area contributed by atoms with E-state index in [2.05, 4.69) is 9.88 Å². The van der Waals surface area contributed by atoms with Crippen LogP contribution in [0.1, 0.15) is 50.9 Å². The minimum absolute atomic E-state index is 0.0734. The molecule has 1 N–H and O–H groups in total. The van der Waals surface area contributed by atoms with Crippen molar-refractivity contribution < 1.29 is 24.4 Å². The number of methoxy groups -OCH3 is 1. The van der Waals surface area contributed by atoms with Crippen molar-refractivity contribution in [2.75, 3.05) is 20.2 Å². The van der Waals surface area contributed by atoms with E-state index in [9.17, 15) is 24.8 Å². The number of amides is 2. The molecule has 1 saturated heterocycles. The molecule has 3 aromatic rings. The SMILES string of the molecule is COc1cc([N+](=O)[O-])cc(CN2CCC(c3nccn3CN3C(=O)c4ccccc4C3=O)CC2)c1O. The number of piperidine rings is 1. The fraction of sp³-hybridized carbons (Fsp3) is 0.320. The summed E-state index contributed by atoms with van der Waals surface area (Å²) in [6.45, 7) is 1.83. The molecule has 2 aromatic carbocycles. The third-order valence-corrected chi connectivity index (χ3v) is 6.84. The summed E-state index contributed by atoms with van der Waals surface area (Å²) in [5, 5.41) is 21.7. The molecule has 2 aliphatic heterocycles. The van der Waals surface area contributed by atoms with E-state index in [0.717, 1.165) is 18.7 Å². The minimum atomic E-state index is -0.508. The van der Waals surface area contributed by atoms with Crippen LogP contribution in [0.25, 0.3) is 0 Å². The Morgan fingerprint density at radius 2 is 1.81 bits per heavy atom. The van der Waals surface area contributed by atoms with Crippen molar-refractivity contribution in [1.82, 2.24) is 19.4 Å². The van der Waals surface area contributed by atoms with Crippen LogP contribution in [0, 0.1) is 10.1 Å². The Labute approximate surface area is 206 Å². The van der Waals surface area contributed by atoms with E-state index in [1.807, 2.05) is 4.57 Å². The number of nitro groups is 1. The summed E-state index contributed by atoms with van der Waals surface area (Å²) in [7, 11) is 1.36. The van der Waals surface area contributed by atoms with Crippen molar-refractivity contribution in [3.8, 4) is 11.5 Å². The number of aromatic hydroxyl groups is 1. The van der Waals surface area contributed by atoms with Crippen LogP contribution < -0.4 is 4.74 Å². The number of imidazole rings is 1. The lowest BCUT2D eigenvalue weighted by Gasteiger charge is -2.32. The zero-order chi connectivity index (χ0) is 25.4. The van der Waals surface area contributed by atoms with E-state index in [-0.39, 0.29) is 41.6 Å². The number of aromatic nitrogens is 2. The monoisotopic (exact) mass is 491 g/mol. The van der Waals surface area contributed by atoms with E-state index in [4.69, 9.17) is 4.74 Å². The molecule has 0 saturated carbocycles. The van der Waals surface area contributed by atoms with Crippen LogP contribution in [-0.2, 0) is 13.2 Å². The first-order valence-corrected chi connectivity index (χ1v) is 11.6. The van der Waals surface area contributed by atoms with Gasteiger partial charge >= 0.3 is 0 Å². The number of carbonyl (C=O) groups is 2. The van der Waals surface area contributed by atoms with Gasteiger partial charge in [0.05, 0.1) is 29.2 Å². The van der Waals surface area contributed by atoms with E-state index in [0.29, 0.717) is 36.3 Å². The van der Waals surface area contributed by atoms with Gasteiger partial charge in [0.25, 0.3) is 17.5 Å². The van der Waals surface area contributed by atoms with Crippen LogP contribution in [0.15, 0.2) is 48.8 Å². The van der Waals surface area contributed by atoms with Crippen molar-refractivity contribution in [2.45, 2.75) is 32.0 Å². The number of hydrogen-bond acceptors (Lipinski definition) is 8. The van der Waals surface area contributed by atoms with Gasteiger partial charge in [0.1, 0.15) is 12.5 Å². The van der Waals surface area contributed by atoms with Crippen molar-refractivity contribution in [2.24, 2.45) is 0 Å². The number of phenols is 1. The van der Waals surface area contributed by atoms with Gasteiger partial charge in [-0.3, -0.25) is 29.5 Å². The van der Waals surface area contributed by atoms with E-state index < -0.39 is 4.92 Å². The summed E-state index contributed by atoms with van der Waals surface area (Å²) in [5.41, 5.74) is 1.13. The van der Waals surface area contributed by atoms with Crippen molar-refractivity contribution in [1.29, 1.82) is 0 Å². The molecule has 1 fully saturated rings. The molecule has 2 aliphatic rings. The first kappa shape index (κ1) is 23.5. The van der Waals surface area contributed by atoms with E-state index in [1.54, 1.807) is 36.7 Å². The molecule has 0 aliphatic carbocycles. The number of likely N-dealkylation sites (tertiary alicyclic amines) is 1. The van der Waals surface area contributed by atoms with E-state index in [1.165, 1.54) is 24.1 Å². The van der Waals surface area contributed by atoms with Crippen LogP contribution in [0.2, 0.25) is 0 Å². The number of imide groups is 1. The zero-order valence-corrected chi connectivity index (χ0v) is 19.7. The number of benzene rings is 2.